The minimum atomic E-state index is -0.232. The monoisotopic (exact) mass is 479 g/mol. The van der Waals surface area contributed by atoms with Crippen LogP contribution in [0.2, 0.25) is 0 Å². The molecule has 0 spiro atoms. The number of para-hydroxylation sites is 1. The van der Waals surface area contributed by atoms with Gasteiger partial charge in [-0.1, -0.05) is 48.7 Å². The van der Waals surface area contributed by atoms with E-state index < -0.39 is 0 Å². The second kappa shape index (κ2) is 11.7. The lowest BCUT2D eigenvalue weighted by Gasteiger charge is -2.32. The topological polar surface area (TPSA) is 89.5 Å². The maximum Gasteiger partial charge on any atom is 0.271 e. The van der Waals surface area contributed by atoms with Crippen molar-refractivity contribution in [3.63, 3.8) is 0 Å². The number of aromatic nitrogens is 1. The van der Waals surface area contributed by atoms with Crippen LogP contribution in [0, 0.1) is 6.92 Å². The molecule has 1 heterocycles. The van der Waals surface area contributed by atoms with Crippen molar-refractivity contribution < 1.29 is 19.1 Å². The van der Waals surface area contributed by atoms with Crippen LogP contribution in [0.15, 0.2) is 60.0 Å². The third-order valence-corrected chi connectivity index (χ3v) is 6.53. The Balaban J connectivity index is 1.27. The van der Waals surface area contributed by atoms with Gasteiger partial charge in [0.2, 0.25) is 0 Å². The van der Waals surface area contributed by atoms with Gasteiger partial charge in [0, 0.05) is 17.5 Å². The van der Waals surface area contributed by atoms with E-state index in [2.05, 4.69) is 15.6 Å². The molecule has 7 nitrogen and oxygen atoms in total. The third kappa shape index (κ3) is 6.81. The zero-order chi connectivity index (χ0) is 23.8. The first-order chi connectivity index (χ1) is 16.6. The Hall–Kier alpha value is -3.39. The number of carbonyl (C=O) groups excluding carboxylic acids is 2. The molecular weight excluding hydrogens is 450 g/mol. The van der Waals surface area contributed by atoms with Crippen molar-refractivity contribution in [2.45, 2.75) is 51.3 Å². The number of aryl methyl sites for hydroxylation is 1. The Morgan fingerprint density at radius 3 is 2.35 bits per heavy atom. The van der Waals surface area contributed by atoms with Crippen LogP contribution in [0.25, 0.3) is 0 Å². The maximum atomic E-state index is 12.8. The molecule has 8 heteroatoms. The van der Waals surface area contributed by atoms with Crippen LogP contribution >= 0.6 is 11.3 Å². The average molecular weight is 480 g/mol. The summed E-state index contributed by atoms with van der Waals surface area (Å²) in [5.41, 5.74) is 1.54. The van der Waals surface area contributed by atoms with E-state index in [4.69, 9.17) is 9.47 Å². The van der Waals surface area contributed by atoms with Crippen molar-refractivity contribution in [3.8, 4) is 11.5 Å². The smallest absolute Gasteiger partial charge is 0.271 e. The molecule has 2 atom stereocenters. The van der Waals surface area contributed by atoms with E-state index in [0.29, 0.717) is 18.1 Å². The molecule has 0 radical (unpaired) electrons. The van der Waals surface area contributed by atoms with Crippen LogP contribution in [0.1, 0.15) is 46.7 Å². The van der Waals surface area contributed by atoms with Gasteiger partial charge in [-0.15, -0.1) is 11.3 Å². The van der Waals surface area contributed by atoms with Crippen LogP contribution in [-0.4, -0.2) is 35.5 Å². The van der Waals surface area contributed by atoms with E-state index in [1.165, 1.54) is 16.9 Å². The number of nitrogens with one attached hydrogen (secondary N) is 2. The normalized spacial score (nSPS) is 17.6. The van der Waals surface area contributed by atoms with Crippen molar-refractivity contribution in [2.24, 2.45) is 0 Å². The molecule has 4 rings (SSSR count). The Bertz CT molecular complexity index is 1080. The summed E-state index contributed by atoms with van der Waals surface area (Å²) < 4.78 is 11.3. The maximum absolute atomic E-state index is 12.8. The molecule has 2 N–H and O–H groups in total. The molecule has 2 unspecified atom stereocenters. The quantitative estimate of drug-likeness (QED) is 0.479. The lowest BCUT2D eigenvalue weighted by Crippen LogP contribution is -2.54. The minimum Gasteiger partial charge on any atom is -0.486 e. The zero-order valence-corrected chi connectivity index (χ0v) is 20.0. The van der Waals surface area contributed by atoms with Gasteiger partial charge in [0.05, 0.1) is 0 Å². The minimum absolute atomic E-state index is 0.0579. The Kier molecular flexibility index (Phi) is 8.14. The Labute approximate surface area is 203 Å². The van der Waals surface area contributed by atoms with Crippen LogP contribution in [0.4, 0.5) is 0 Å². The molecule has 3 aromatic rings. The van der Waals surface area contributed by atoms with Crippen molar-refractivity contribution >= 4 is 23.2 Å². The molecule has 0 bridgehead atoms. The summed E-state index contributed by atoms with van der Waals surface area (Å²) >= 11 is 1.40. The number of rotatable bonds is 9. The highest BCUT2D eigenvalue weighted by Gasteiger charge is 2.28. The van der Waals surface area contributed by atoms with E-state index in [0.717, 1.165) is 36.4 Å². The summed E-state index contributed by atoms with van der Waals surface area (Å²) in [6.07, 6.45) is 3.64. The highest BCUT2D eigenvalue weighted by Crippen LogP contribution is 2.20. The highest BCUT2D eigenvalue weighted by atomic mass is 32.1. The summed E-state index contributed by atoms with van der Waals surface area (Å²) in [7, 11) is 0. The number of nitrogens with zero attached hydrogens (tertiary/aromatic N) is 1. The fourth-order valence-corrected chi connectivity index (χ4v) is 4.58. The molecule has 1 aliphatic carbocycles. The van der Waals surface area contributed by atoms with Gasteiger partial charge in [-0.2, -0.15) is 0 Å². The summed E-state index contributed by atoms with van der Waals surface area (Å²) in [6.45, 7) is 2.28. The van der Waals surface area contributed by atoms with Crippen molar-refractivity contribution in [1.82, 2.24) is 15.6 Å². The number of hydrogen-bond acceptors (Lipinski definition) is 6. The first-order valence-corrected chi connectivity index (χ1v) is 12.4. The first kappa shape index (κ1) is 23.8. The zero-order valence-electron chi connectivity index (χ0n) is 19.2. The number of ether oxygens (including phenoxy) is 2. The standard InChI is InChI=1S/C26H29N3O4S/c1-18-11-13-20(14-12-18)33-16-25-28-23(17-34-25)26(31)29-22-10-6-5-9-21(22)27-24(30)15-32-19-7-3-2-4-8-19/h2-4,7-8,11-14,17,21-22H,5-6,9-10,15-16H2,1H3,(H,27,30)(H,29,31). The third-order valence-electron chi connectivity index (χ3n) is 5.71. The van der Waals surface area contributed by atoms with Gasteiger partial charge in [-0.3, -0.25) is 9.59 Å². The van der Waals surface area contributed by atoms with Gasteiger partial charge in [-0.05, 0) is 44.0 Å². The summed E-state index contributed by atoms with van der Waals surface area (Å²) in [5.74, 6) is 0.990. The summed E-state index contributed by atoms with van der Waals surface area (Å²) in [4.78, 5) is 29.7. The molecule has 2 aromatic carbocycles. The molecule has 1 aliphatic rings. The van der Waals surface area contributed by atoms with E-state index in [-0.39, 0.29) is 30.5 Å². The molecule has 1 fully saturated rings. The summed E-state index contributed by atoms with van der Waals surface area (Å²) in [6, 6.07) is 16.8. The fraction of sp³-hybridized carbons (Fsp3) is 0.346. The first-order valence-electron chi connectivity index (χ1n) is 11.5. The molecule has 1 saturated carbocycles. The molecule has 0 aliphatic heterocycles. The van der Waals surface area contributed by atoms with Crippen LogP contribution in [0.3, 0.4) is 0 Å². The SMILES string of the molecule is Cc1ccc(OCc2nc(C(=O)NC3CCCCC3NC(=O)COc3ccccc3)cs2)cc1. The van der Waals surface area contributed by atoms with E-state index in [1.54, 1.807) is 5.38 Å². The lowest BCUT2D eigenvalue weighted by molar-refractivity contribution is -0.124. The van der Waals surface area contributed by atoms with E-state index >= 15 is 0 Å². The van der Waals surface area contributed by atoms with Gasteiger partial charge >= 0.3 is 0 Å². The van der Waals surface area contributed by atoms with Gasteiger partial charge in [0.15, 0.2) is 6.61 Å². The molecule has 0 saturated heterocycles. The van der Waals surface area contributed by atoms with Gasteiger partial charge in [0.25, 0.3) is 11.8 Å². The van der Waals surface area contributed by atoms with Crippen LogP contribution in [0.5, 0.6) is 11.5 Å². The number of amides is 2. The number of thiazole rings is 1. The van der Waals surface area contributed by atoms with Gasteiger partial charge in [0.1, 0.15) is 28.8 Å². The van der Waals surface area contributed by atoms with Crippen molar-refractivity contribution in [1.29, 1.82) is 0 Å². The average Bonchev–Trinajstić information content (AvgIpc) is 3.34. The molecule has 2 amide bonds. The summed E-state index contributed by atoms with van der Waals surface area (Å²) in [5, 5.41) is 8.57. The molecular formula is C26H29N3O4S. The second-order valence-corrected chi connectivity index (χ2v) is 9.31. The molecule has 34 heavy (non-hydrogen) atoms. The predicted octanol–water partition coefficient (Wildman–Crippen LogP) is 4.27. The van der Waals surface area contributed by atoms with Crippen molar-refractivity contribution in [3.05, 3.63) is 76.2 Å². The van der Waals surface area contributed by atoms with E-state index in [9.17, 15) is 9.59 Å². The van der Waals surface area contributed by atoms with Gasteiger partial charge < -0.3 is 20.1 Å². The fourth-order valence-electron chi connectivity index (χ4n) is 3.89. The molecule has 178 valence electrons. The Morgan fingerprint density at radius 1 is 0.941 bits per heavy atom. The van der Waals surface area contributed by atoms with Crippen molar-refractivity contribution in [2.75, 3.05) is 6.61 Å². The highest BCUT2D eigenvalue weighted by molar-refractivity contribution is 7.09. The van der Waals surface area contributed by atoms with E-state index in [1.807, 2.05) is 61.5 Å². The number of carbonyl (C=O) groups is 2. The molecule has 1 aromatic heterocycles. The van der Waals surface area contributed by atoms with Crippen LogP contribution in [-0.2, 0) is 11.4 Å². The Morgan fingerprint density at radius 2 is 1.62 bits per heavy atom. The number of benzene rings is 2. The lowest BCUT2D eigenvalue weighted by atomic mass is 9.90. The number of hydrogen-bond donors (Lipinski definition) is 2. The second-order valence-electron chi connectivity index (χ2n) is 8.37. The predicted molar refractivity (Wildman–Crippen MR) is 131 cm³/mol. The van der Waals surface area contributed by atoms with Gasteiger partial charge in [-0.25, -0.2) is 4.98 Å². The largest absolute Gasteiger partial charge is 0.486 e. The van der Waals surface area contributed by atoms with Crippen LogP contribution < -0.4 is 20.1 Å².